The summed E-state index contributed by atoms with van der Waals surface area (Å²) in [6.45, 7) is 0. The van der Waals surface area contributed by atoms with Crippen molar-refractivity contribution in [1.29, 1.82) is 0 Å². The van der Waals surface area contributed by atoms with E-state index in [1.807, 2.05) is 12.1 Å². The van der Waals surface area contributed by atoms with Crippen LogP contribution in [0, 0.1) is 5.92 Å². The lowest BCUT2D eigenvalue weighted by molar-refractivity contribution is 0.132. The van der Waals surface area contributed by atoms with Gasteiger partial charge in [-0.1, -0.05) is 49.4 Å². The molecule has 2 saturated carbocycles. The Hall–Kier alpha value is -0.240. The number of benzene rings is 1. The van der Waals surface area contributed by atoms with Crippen LogP contribution in [0.4, 0.5) is 0 Å². The summed E-state index contributed by atoms with van der Waals surface area (Å²) in [7, 11) is 0. The van der Waals surface area contributed by atoms with Gasteiger partial charge in [0.1, 0.15) is 0 Å². The summed E-state index contributed by atoms with van der Waals surface area (Å²) in [5.74, 6) is 0.727. The second-order valence-corrected chi connectivity index (χ2v) is 6.88. The zero-order valence-electron chi connectivity index (χ0n) is 12.0. The number of nitrogens with two attached hydrogens (primary N) is 1. The van der Waals surface area contributed by atoms with E-state index in [1.54, 1.807) is 0 Å². The molecular weight excluding hydrogens is 289 g/mol. The minimum Gasteiger partial charge on any atom is -0.327 e. The fraction of sp³-hybridized carbons (Fsp3) is 0.647. The first kappa shape index (κ1) is 16.1. The molecule has 0 bridgehead atoms. The van der Waals surface area contributed by atoms with Crippen LogP contribution < -0.4 is 5.73 Å². The Kier molecular flexibility index (Phi) is 5.39. The van der Waals surface area contributed by atoms with E-state index >= 15 is 0 Å². The third-order valence-corrected chi connectivity index (χ3v) is 5.71. The molecule has 2 N–H and O–H groups in total. The van der Waals surface area contributed by atoms with Gasteiger partial charge in [-0.25, -0.2) is 0 Å². The fourth-order valence-electron chi connectivity index (χ4n) is 4.10. The maximum absolute atomic E-state index is 6.73. The maximum Gasteiger partial charge on any atom is 0.0406 e. The molecule has 0 spiro atoms. The van der Waals surface area contributed by atoms with Crippen molar-refractivity contribution in [2.75, 3.05) is 0 Å². The third-order valence-electron chi connectivity index (χ3n) is 5.46. The van der Waals surface area contributed by atoms with Crippen LogP contribution in [-0.4, -0.2) is 6.04 Å². The van der Waals surface area contributed by atoms with Crippen LogP contribution in [0.15, 0.2) is 24.3 Å². The number of hydrogen-bond acceptors (Lipinski definition) is 1. The zero-order chi connectivity index (χ0) is 13.3. The van der Waals surface area contributed by atoms with E-state index in [-0.39, 0.29) is 17.8 Å². The SMILES string of the molecule is Cl.NC(C1CCCCC1)C1(c2ccc(Cl)cc2)CCC1. The van der Waals surface area contributed by atoms with Crippen molar-refractivity contribution in [3.8, 4) is 0 Å². The summed E-state index contributed by atoms with van der Waals surface area (Å²) < 4.78 is 0. The van der Waals surface area contributed by atoms with Crippen LogP contribution >= 0.6 is 24.0 Å². The van der Waals surface area contributed by atoms with Crippen molar-refractivity contribution >= 4 is 24.0 Å². The lowest BCUT2D eigenvalue weighted by Gasteiger charge is -2.50. The molecule has 112 valence electrons. The minimum atomic E-state index is 0. The summed E-state index contributed by atoms with van der Waals surface area (Å²) in [5.41, 5.74) is 8.39. The molecule has 2 aliphatic rings. The zero-order valence-corrected chi connectivity index (χ0v) is 13.6. The van der Waals surface area contributed by atoms with E-state index in [0.717, 1.165) is 10.9 Å². The lowest BCUT2D eigenvalue weighted by atomic mass is 9.56. The number of halogens is 2. The van der Waals surface area contributed by atoms with E-state index in [2.05, 4.69) is 12.1 Å². The fourth-order valence-corrected chi connectivity index (χ4v) is 4.22. The van der Waals surface area contributed by atoms with E-state index in [9.17, 15) is 0 Å². The quantitative estimate of drug-likeness (QED) is 0.826. The van der Waals surface area contributed by atoms with Crippen molar-refractivity contribution in [1.82, 2.24) is 0 Å². The molecule has 1 nitrogen and oxygen atoms in total. The van der Waals surface area contributed by atoms with Crippen LogP contribution in [0.3, 0.4) is 0 Å². The molecule has 3 rings (SSSR count). The monoisotopic (exact) mass is 313 g/mol. The predicted molar refractivity (Wildman–Crippen MR) is 88.8 cm³/mol. The Morgan fingerprint density at radius 2 is 1.60 bits per heavy atom. The topological polar surface area (TPSA) is 26.0 Å². The first-order valence-electron chi connectivity index (χ1n) is 7.74. The first-order chi connectivity index (χ1) is 9.22. The Labute approximate surface area is 133 Å². The average molecular weight is 314 g/mol. The second-order valence-electron chi connectivity index (χ2n) is 6.44. The summed E-state index contributed by atoms with van der Waals surface area (Å²) in [4.78, 5) is 0. The Morgan fingerprint density at radius 1 is 1.00 bits per heavy atom. The van der Waals surface area contributed by atoms with Gasteiger partial charge in [0.25, 0.3) is 0 Å². The van der Waals surface area contributed by atoms with Gasteiger partial charge in [0.15, 0.2) is 0 Å². The molecule has 0 amide bonds. The molecule has 1 aromatic rings. The average Bonchev–Trinajstić information content (AvgIpc) is 2.40. The van der Waals surface area contributed by atoms with Gasteiger partial charge in [-0.05, 0) is 49.3 Å². The van der Waals surface area contributed by atoms with Crippen molar-refractivity contribution in [2.24, 2.45) is 11.7 Å². The highest BCUT2D eigenvalue weighted by atomic mass is 35.5. The van der Waals surface area contributed by atoms with E-state index in [1.165, 1.54) is 56.9 Å². The van der Waals surface area contributed by atoms with Crippen LogP contribution in [-0.2, 0) is 5.41 Å². The molecule has 1 atom stereocenters. The molecular formula is C17H25Cl2N. The van der Waals surface area contributed by atoms with Gasteiger partial charge in [-0.2, -0.15) is 0 Å². The molecule has 1 unspecified atom stereocenters. The predicted octanol–water partition coefficient (Wildman–Crippen LogP) is 5.09. The molecule has 3 heteroatoms. The van der Waals surface area contributed by atoms with Gasteiger partial charge in [-0.15, -0.1) is 12.4 Å². The van der Waals surface area contributed by atoms with Gasteiger partial charge < -0.3 is 5.73 Å². The minimum absolute atomic E-state index is 0. The van der Waals surface area contributed by atoms with Crippen molar-refractivity contribution in [2.45, 2.75) is 62.8 Å². The molecule has 20 heavy (non-hydrogen) atoms. The highest BCUT2D eigenvalue weighted by molar-refractivity contribution is 6.30. The van der Waals surface area contributed by atoms with Crippen molar-refractivity contribution in [3.05, 3.63) is 34.9 Å². The third kappa shape index (κ3) is 2.86. The molecule has 0 radical (unpaired) electrons. The van der Waals surface area contributed by atoms with Crippen LogP contribution in [0.2, 0.25) is 5.02 Å². The highest BCUT2D eigenvalue weighted by Crippen LogP contribution is 2.49. The first-order valence-corrected chi connectivity index (χ1v) is 8.12. The van der Waals surface area contributed by atoms with Gasteiger partial charge in [0.2, 0.25) is 0 Å². The summed E-state index contributed by atoms with van der Waals surface area (Å²) in [5, 5.41) is 0.824. The smallest absolute Gasteiger partial charge is 0.0406 e. The standard InChI is InChI=1S/C17H24ClN.ClH/c18-15-9-7-14(8-10-15)17(11-4-12-17)16(19)13-5-2-1-3-6-13;/h7-10,13,16H,1-6,11-12,19H2;1H. The van der Waals surface area contributed by atoms with Crippen molar-refractivity contribution < 1.29 is 0 Å². The lowest BCUT2D eigenvalue weighted by Crippen LogP contribution is -2.54. The second kappa shape index (κ2) is 6.68. The summed E-state index contributed by atoms with van der Waals surface area (Å²) in [6, 6.07) is 8.77. The normalized spacial score (nSPS) is 23.5. The Morgan fingerprint density at radius 3 is 2.10 bits per heavy atom. The van der Waals surface area contributed by atoms with E-state index in [4.69, 9.17) is 17.3 Å². The molecule has 0 aliphatic heterocycles. The number of rotatable bonds is 3. The van der Waals surface area contributed by atoms with Gasteiger partial charge in [-0.3, -0.25) is 0 Å². The molecule has 2 fully saturated rings. The largest absolute Gasteiger partial charge is 0.327 e. The molecule has 2 aliphatic carbocycles. The van der Waals surface area contributed by atoms with Crippen molar-refractivity contribution in [3.63, 3.8) is 0 Å². The highest BCUT2D eigenvalue weighted by Gasteiger charge is 2.46. The van der Waals surface area contributed by atoms with Crippen LogP contribution in [0.1, 0.15) is 56.9 Å². The molecule has 0 saturated heterocycles. The van der Waals surface area contributed by atoms with Gasteiger partial charge >= 0.3 is 0 Å². The maximum atomic E-state index is 6.73. The Bertz CT molecular complexity index is 419. The number of hydrogen-bond donors (Lipinski definition) is 1. The molecule has 0 aromatic heterocycles. The Balaban J connectivity index is 0.00000147. The molecule has 1 aromatic carbocycles. The summed E-state index contributed by atoms with van der Waals surface area (Å²) >= 11 is 6.02. The van der Waals surface area contributed by atoms with Gasteiger partial charge in [0, 0.05) is 16.5 Å². The summed E-state index contributed by atoms with van der Waals surface area (Å²) in [6.07, 6.45) is 10.6. The van der Waals surface area contributed by atoms with E-state index in [0.29, 0.717) is 6.04 Å². The van der Waals surface area contributed by atoms with Gasteiger partial charge in [0.05, 0.1) is 0 Å². The van der Waals surface area contributed by atoms with Crippen LogP contribution in [0.25, 0.3) is 0 Å². The van der Waals surface area contributed by atoms with Crippen LogP contribution in [0.5, 0.6) is 0 Å². The molecule has 0 heterocycles. The van der Waals surface area contributed by atoms with E-state index < -0.39 is 0 Å².